The highest BCUT2D eigenvalue weighted by molar-refractivity contribution is 5.96. The van der Waals surface area contributed by atoms with Crippen LogP contribution >= 0.6 is 0 Å². The van der Waals surface area contributed by atoms with Crippen LogP contribution in [0, 0.1) is 0 Å². The largest absolute Gasteiger partial charge is 0.451 e. The number of nitrogens with zero attached hydrogens (tertiary/aromatic N) is 2. The molecule has 0 saturated carbocycles. The van der Waals surface area contributed by atoms with Gasteiger partial charge in [-0.25, -0.2) is 4.79 Å². The van der Waals surface area contributed by atoms with Gasteiger partial charge in [0.25, 0.3) is 5.91 Å². The van der Waals surface area contributed by atoms with Crippen molar-refractivity contribution in [3.8, 4) is 0 Å². The molecule has 1 heterocycles. The van der Waals surface area contributed by atoms with E-state index in [0.29, 0.717) is 0 Å². The number of amides is 3. The topological polar surface area (TPSA) is 128 Å². The first kappa shape index (κ1) is 14.5. The third-order valence-electron chi connectivity index (χ3n) is 2.09. The Hall–Kier alpha value is -2.58. The van der Waals surface area contributed by atoms with Crippen LogP contribution in [-0.2, 0) is 20.9 Å². The van der Waals surface area contributed by atoms with Gasteiger partial charge in [-0.1, -0.05) is 0 Å². The number of carbonyl (C=O) groups is 3. The van der Waals surface area contributed by atoms with E-state index in [2.05, 4.69) is 10.4 Å². The zero-order valence-electron chi connectivity index (χ0n) is 10.5. The first-order valence-electron chi connectivity index (χ1n) is 5.43. The highest BCUT2D eigenvalue weighted by atomic mass is 16.5. The fourth-order valence-electron chi connectivity index (χ4n) is 1.16. The van der Waals surface area contributed by atoms with Gasteiger partial charge in [0.1, 0.15) is 12.4 Å². The molecule has 0 spiro atoms. The molecular formula is C10H15N5O4. The van der Waals surface area contributed by atoms with Crippen LogP contribution in [-0.4, -0.2) is 40.8 Å². The van der Waals surface area contributed by atoms with E-state index in [-0.39, 0.29) is 12.4 Å². The number of anilines is 1. The summed E-state index contributed by atoms with van der Waals surface area (Å²) in [5, 5.41) is 7.99. The Bertz CT molecular complexity index is 484. The molecule has 0 aliphatic rings. The van der Waals surface area contributed by atoms with Crippen molar-refractivity contribution in [2.24, 2.45) is 0 Å². The van der Waals surface area contributed by atoms with E-state index in [0.717, 1.165) is 0 Å². The predicted octanol–water partition coefficient (Wildman–Crippen LogP) is -1.15. The van der Waals surface area contributed by atoms with Crippen LogP contribution in [0.5, 0.6) is 0 Å². The molecule has 1 atom stereocenters. The van der Waals surface area contributed by atoms with Crippen molar-refractivity contribution in [2.45, 2.75) is 19.6 Å². The van der Waals surface area contributed by atoms with Crippen molar-refractivity contribution >= 4 is 23.7 Å². The van der Waals surface area contributed by atoms with Gasteiger partial charge in [-0.2, -0.15) is 5.10 Å². The third-order valence-corrected chi connectivity index (χ3v) is 2.09. The van der Waals surface area contributed by atoms with Gasteiger partial charge in [0, 0.05) is 13.2 Å². The summed E-state index contributed by atoms with van der Waals surface area (Å²) in [7, 11) is 1.36. The molecule has 0 bridgehead atoms. The van der Waals surface area contributed by atoms with Crippen LogP contribution in [0.15, 0.2) is 12.3 Å². The van der Waals surface area contributed by atoms with Crippen LogP contribution in [0.4, 0.5) is 10.6 Å². The van der Waals surface area contributed by atoms with Gasteiger partial charge in [0.2, 0.25) is 0 Å². The zero-order valence-corrected chi connectivity index (χ0v) is 10.5. The molecule has 1 aromatic rings. The van der Waals surface area contributed by atoms with Gasteiger partial charge in [0.05, 0.1) is 0 Å². The molecule has 0 saturated heterocycles. The Morgan fingerprint density at radius 1 is 1.53 bits per heavy atom. The summed E-state index contributed by atoms with van der Waals surface area (Å²) in [6, 6.07) is 0.849. The summed E-state index contributed by atoms with van der Waals surface area (Å²) >= 11 is 0. The highest BCUT2D eigenvalue weighted by Gasteiger charge is 2.19. The average molecular weight is 269 g/mol. The molecule has 0 aromatic carbocycles. The second kappa shape index (κ2) is 6.38. The first-order valence-corrected chi connectivity index (χ1v) is 5.43. The minimum atomic E-state index is -1.09. The van der Waals surface area contributed by atoms with E-state index in [1.807, 2.05) is 5.32 Å². The van der Waals surface area contributed by atoms with E-state index in [9.17, 15) is 14.4 Å². The quantitative estimate of drug-likeness (QED) is 0.592. The maximum atomic E-state index is 11.5. The van der Waals surface area contributed by atoms with Crippen LogP contribution < -0.4 is 16.4 Å². The molecule has 104 valence electrons. The van der Waals surface area contributed by atoms with Gasteiger partial charge >= 0.3 is 12.0 Å². The lowest BCUT2D eigenvalue weighted by Gasteiger charge is -2.12. The first-order chi connectivity index (χ1) is 8.92. The number of esters is 1. The Labute approximate surface area is 109 Å². The molecule has 0 aliphatic heterocycles. The van der Waals surface area contributed by atoms with E-state index < -0.39 is 24.0 Å². The predicted molar refractivity (Wildman–Crippen MR) is 64.8 cm³/mol. The van der Waals surface area contributed by atoms with Gasteiger partial charge < -0.3 is 15.8 Å². The summed E-state index contributed by atoms with van der Waals surface area (Å²) in [6.07, 6.45) is 0.420. The Morgan fingerprint density at radius 3 is 2.74 bits per heavy atom. The molecule has 1 aromatic heterocycles. The lowest BCUT2D eigenvalue weighted by Crippen LogP contribution is -2.43. The smallest absolute Gasteiger partial charge is 0.328 e. The average Bonchev–Trinajstić information content (AvgIpc) is 2.74. The van der Waals surface area contributed by atoms with E-state index in [1.54, 1.807) is 0 Å². The Morgan fingerprint density at radius 2 is 2.21 bits per heavy atom. The summed E-state index contributed by atoms with van der Waals surface area (Å²) in [5.74, 6) is -1.10. The number of carbonyl (C=O) groups excluding carboxylic acids is 3. The molecule has 4 N–H and O–H groups in total. The minimum absolute atomic E-state index is 0.172. The van der Waals surface area contributed by atoms with Crippen molar-refractivity contribution in [1.82, 2.24) is 20.4 Å². The highest BCUT2D eigenvalue weighted by Crippen LogP contribution is 1.98. The fourth-order valence-corrected chi connectivity index (χ4v) is 1.16. The Balaban J connectivity index is 2.43. The zero-order chi connectivity index (χ0) is 14.4. The number of nitrogens with two attached hydrogens (primary N) is 1. The number of nitrogens with one attached hydrogen (secondary N) is 2. The molecular weight excluding hydrogens is 254 g/mol. The standard InChI is InChI=1S/C10H15N5O4/c1-6(9(17)13-10(18)12-2)19-8(16)5-15-4-3-7(11)14-15/h3-4,6H,5H2,1-2H3,(H2,11,14)(H2,12,13,17,18). The van der Waals surface area contributed by atoms with Crippen molar-refractivity contribution in [1.29, 1.82) is 0 Å². The van der Waals surface area contributed by atoms with Crippen molar-refractivity contribution in [2.75, 3.05) is 12.8 Å². The van der Waals surface area contributed by atoms with E-state index in [4.69, 9.17) is 10.5 Å². The lowest BCUT2D eigenvalue weighted by molar-refractivity contribution is -0.155. The Kier molecular flexibility index (Phi) is 4.86. The van der Waals surface area contributed by atoms with Crippen LogP contribution in [0.2, 0.25) is 0 Å². The summed E-state index contributed by atoms with van der Waals surface area (Å²) in [6.45, 7) is 1.18. The van der Waals surface area contributed by atoms with Crippen molar-refractivity contribution < 1.29 is 19.1 Å². The number of ether oxygens (including phenoxy) is 1. The monoisotopic (exact) mass is 269 g/mol. The number of hydrogen-bond acceptors (Lipinski definition) is 6. The number of hydrogen-bond donors (Lipinski definition) is 3. The van der Waals surface area contributed by atoms with Gasteiger partial charge in [-0.05, 0) is 13.0 Å². The SMILES string of the molecule is CNC(=O)NC(=O)C(C)OC(=O)Cn1ccc(N)n1. The second-order valence-corrected chi connectivity index (χ2v) is 3.64. The molecule has 1 rings (SSSR count). The van der Waals surface area contributed by atoms with Crippen LogP contribution in [0.1, 0.15) is 6.92 Å². The number of rotatable bonds is 4. The third kappa shape index (κ3) is 4.66. The van der Waals surface area contributed by atoms with Crippen LogP contribution in [0.3, 0.4) is 0 Å². The summed E-state index contributed by atoms with van der Waals surface area (Å²) < 4.78 is 6.12. The van der Waals surface area contributed by atoms with Crippen molar-refractivity contribution in [3.63, 3.8) is 0 Å². The molecule has 0 aliphatic carbocycles. The maximum absolute atomic E-state index is 11.5. The summed E-state index contributed by atoms with van der Waals surface area (Å²) in [4.78, 5) is 33.8. The lowest BCUT2D eigenvalue weighted by atomic mass is 10.4. The molecule has 0 fully saturated rings. The van der Waals surface area contributed by atoms with E-state index >= 15 is 0 Å². The number of imide groups is 1. The number of aromatic nitrogens is 2. The number of nitrogen functional groups attached to an aromatic ring is 1. The molecule has 9 heteroatoms. The normalized spacial score (nSPS) is 11.5. The van der Waals surface area contributed by atoms with Crippen molar-refractivity contribution in [3.05, 3.63) is 12.3 Å². The van der Waals surface area contributed by atoms with Gasteiger partial charge in [-0.3, -0.25) is 19.6 Å². The number of urea groups is 1. The molecule has 1 unspecified atom stereocenters. The van der Waals surface area contributed by atoms with E-state index in [1.165, 1.54) is 30.9 Å². The maximum Gasteiger partial charge on any atom is 0.328 e. The second-order valence-electron chi connectivity index (χ2n) is 3.64. The molecule has 9 nitrogen and oxygen atoms in total. The summed E-state index contributed by atoms with van der Waals surface area (Å²) in [5.41, 5.74) is 5.38. The van der Waals surface area contributed by atoms with Gasteiger partial charge in [-0.15, -0.1) is 0 Å². The fraction of sp³-hybridized carbons (Fsp3) is 0.400. The molecule has 19 heavy (non-hydrogen) atoms. The molecule has 0 radical (unpaired) electrons. The van der Waals surface area contributed by atoms with Crippen LogP contribution in [0.25, 0.3) is 0 Å². The molecule has 3 amide bonds. The minimum Gasteiger partial charge on any atom is -0.451 e. The van der Waals surface area contributed by atoms with Gasteiger partial charge in [0.15, 0.2) is 6.10 Å².